The SMILES string of the molecule is C=CC(=O)Nc1cc(-c2cnc3[nH]cc(-c4ccncn4)c3c2)cc(OC)n1. The van der Waals surface area contributed by atoms with Crippen LogP contribution in [0.3, 0.4) is 0 Å². The lowest BCUT2D eigenvalue weighted by atomic mass is 10.1. The number of hydrogen-bond acceptors (Lipinski definition) is 6. The number of aromatic nitrogens is 5. The Morgan fingerprint density at radius 2 is 2.14 bits per heavy atom. The largest absolute Gasteiger partial charge is 0.481 e. The maximum absolute atomic E-state index is 11.6. The van der Waals surface area contributed by atoms with Gasteiger partial charge in [0.1, 0.15) is 17.8 Å². The van der Waals surface area contributed by atoms with Gasteiger partial charge in [-0.25, -0.2) is 15.0 Å². The second-order valence-electron chi connectivity index (χ2n) is 5.89. The number of nitrogens with one attached hydrogen (secondary N) is 2. The molecule has 1 amide bonds. The molecule has 0 fully saturated rings. The smallest absolute Gasteiger partial charge is 0.248 e. The quantitative estimate of drug-likeness (QED) is 0.521. The summed E-state index contributed by atoms with van der Waals surface area (Å²) in [6.45, 7) is 3.45. The molecule has 0 saturated carbocycles. The van der Waals surface area contributed by atoms with Gasteiger partial charge in [0.15, 0.2) is 0 Å². The lowest BCUT2D eigenvalue weighted by molar-refractivity contribution is -0.111. The molecule has 4 aromatic rings. The summed E-state index contributed by atoms with van der Waals surface area (Å²) in [4.78, 5) is 31.8. The van der Waals surface area contributed by atoms with E-state index in [9.17, 15) is 4.79 Å². The summed E-state index contributed by atoms with van der Waals surface area (Å²) in [5.74, 6) is 0.392. The van der Waals surface area contributed by atoms with Gasteiger partial charge in [-0.3, -0.25) is 4.79 Å². The fourth-order valence-electron chi connectivity index (χ4n) is 2.84. The average molecular weight is 372 g/mol. The maximum Gasteiger partial charge on any atom is 0.248 e. The van der Waals surface area contributed by atoms with Gasteiger partial charge in [0.25, 0.3) is 0 Å². The van der Waals surface area contributed by atoms with Gasteiger partial charge in [-0.05, 0) is 29.8 Å². The van der Waals surface area contributed by atoms with Crippen molar-refractivity contribution in [3.8, 4) is 28.3 Å². The molecule has 0 aromatic carbocycles. The molecule has 0 aliphatic rings. The number of rotatable bonds is 5. The number of fused-ring (bicyclic) bond motifs is 1. The predicted molar refractivity (Wildman–Crippen MR) is 106 cm³/mol. The zero-order valence-electron chi connectivity index (χ0n) is 15.0. The molecule has 4 aromatic heterocycles. The van der Waals surface area contributed by atoms with E-state index in [0.717, 1.165) is 33.4 Å². The summed E-state index contributed by atoms with van der Waals surface area (Å²) in [6, 6.07) is 7.38. The summed E-state index contributed by atoms with van der Waals surface area (Å²) in [6.07, 6.45) is 8.00. The second-order valence-corrected chi connectivity index (χ2v) is 5.89. The lowest BCUT2D eigenvalue weighted by Gasteiger charge is -2.09. The highest BCUT2D eigenvalue weighted by Gasteiger charge is 2.12. The van der Waals surface area contributed by atoms with Crippen LogP contribution in [0.1, 0.15) is 0 Å². The van der Waals surface area contributed by atoms with Crippen molar-refractivity contribution in [3.05, 3.63) is 61.8 Å². The minimum atomic E-state index is -0.350. The Labute approximate surface area is 160 Å². The maximum atomic E-state index is 11.6. The zero-order valence-corrected chi connectivity index (χ0v) is 15.0. The third kappa shape index (κ3) is 3.30. The van der Waals surface area contributed by atoms with Crippen molar-refractivity contribution >= 4 is 22.8 Å². The molecule has 8 nitrogen and oxygen atoms in total. The highest BCUT2D eigenvalue weighted by molar-refractivity contribution is 5.99. The molecule has 2 N–H and O–H groups in total. The van der Waals surface area contributed by atoms with Crippen LogP contribution in [-0.4, -0.2) is 37.9 Å². The van der Waals surface area contributed by atoms with Gasteiger partial charge in [0.2, 0.25) is 11.8 Å². The molecule has 0 unspecified atom stereocenters. The molecule has 28 heavy (non-hydrogen) atoms. The number of nitrogens with zero attached hydrogens (tertiary/aromatic N) is 4. The van der Waals surface area contributed by atoms with Crippen LogP contribution >= 0.6 is 0 Å². The zero-order chi connectivity index (χ0) is 19.5. The first-order chi connectivity index (χ1) is 13.7. The number of H-pyrrole nitrogens is 1. The Bertz CT molecular complexity index is 1170. The monoisotopic (exact) mass is 372 g/mol. The molecule has 4 rings (SSSR count). The summed E-state index contributed by atoms with van der Waals surface area (Å²) < 4.78 is 5.27. The van der Waals surface area contributed by atoms with Crippen molar-refractivity contribution in [2.75, 3.05) is 12.4 Å². The third-order valence-electron chi connectivity index (χ3n) is 4.17. The minimum Gasteiger partial charge on any atom is -0.481 e. The molecule has 138 valence electrons. The van der Waals surface area contributed by atoms with Crippen molar-refractivity contribution in [1.29, 1.82) is 0 Å². The summed E-state index contributed by atoms with van der Waals surface area (Å²) in [7, 11) is 1.52. The Kier molecular flexibility index (Phi) is 4.51. The van der Waals surface area contributed by atoms with Gasteiger partial charge < -0.3 is 15.0 Å². The first kappa shape index (κ1) is 17.3. The van der Waals surface area contributed by atoms with Crippen LogP contribution in [0.4, 0.5) is 5.82 Å². The Morgan fingerprint density at radius 3 is 2.89 bits per heavy atom. The highest BCUT2D eigenvalue weighted by Crippen LogP contribution is 2.31. The number of carbonyl (C=O) groups excluding carboxylic acids is 1. The standard InChI is InChI=1S/C20H16N6O2/c1-3-18(27)25-17-7-12(8-19(26-17)28-2)13-6-14-15(10-23-20(14)22-9-13)16-4-5-21-11-24-16/h3-11H,1H2,2H3,(H,22,23)(H,25,26,27). The number of amides is 1. The van der Waals surface area contributed by atoms with Crippen molar-refractivity contribution < 1.29 is 9.53 Å². The number of hydrogen-bond donors (Lipinski definition) is 2. The molecule has 0 aliphatic carbocycles. The van der Waals surface area contributed by atoms with Gasteiger partial charge in [-0.2, -0.15) is 4.98 Å². The number of pyridine rings is 2. The molecule has 0 atom stereocenters. The lowest BCUT2D eigenvalue weighted by Crippen LogP contribution is -2.09. The van der Waals surface area contributed by atoms with E-state index < -0.39 is 0 Å². The van der Waals surface area contributed by atoms with Gasteiger partial charge >= 0.3 is 0 Å². The fourth-order valence-corrected chi connectivity index (χ4v) is 2.84. The van der Waals surface area contributed by atoms with Crippen molar-refractivity contribution in [2.24, 2.45) is 0 Å². The molecule has 0 bridgehead atoms. The van der Waals surface area contributed by atoms with Gasteiger partial charge in [-0.15, -0.1) is 0 Å². The molecular weight excluding hydrogens is 356 g/mol. The van der Waals surface area contributed by atoms with Crippen LogP contribution in [0, 0.1) is 0 Å². The Morgan fingerprint density at radius 1 is 1.25 bits per heavy atom. The molecule has 0 radical (unpaired) electrons. The second kappa shape index (κ2) is 7.28. The molecule has 8 heteroatoms. The van der Waals surface area contributed by atoms with Crippen LogP contribution in [0.15, 0.2) is 61.8 Å². The van der Waals surface area contributed by atoms with Crippen LogP contribution in [0.2, 0.25) is 0 Å². The fraction of sp³-hybridized carbons (Fsp3) is 0.0500. The summed E-state index contributed by atoms with van der Waals surface area (Å²) in [5, 5.41) is 3.57. The molecular formula is C20H16N6O2. The van der Waals surface area contributed by atoms with Crippen LogP contribution in [0.25, 0.3) is 33.4 Å². The molecule has 0 spiro atoms. The average Bonchev–Trinajstić information content (AvgIpc) is 3.17. The van der Waals surface area contributed by atoms with Crippen molar-refractivity contribution in [3.63, 3.8) is 0 Å². The topological polar surface area (TPSA) is 106 Å². The third-order valence-corrected chi connectivity index (χ3v) is 4.17. The minimum absolute atomic E-state index is 0.350. The van der Waals surface area contributed by atoms with Crippen LogP contribution in [0.5, 0.6) is 5.88 Å². The Balaban J connectivity index is 1.82. The predicted octanol–water partition coefficient (Wildman–Crippen LogP) is 3.22. The highest BCUT2D eigenvalue weighted by atomic mass is 16.5. The number of anilines is 1. The van der Waals surface area contributed by atoms with E-state index in [1.54, 1.807) is 24.5 Å². The van der Waals surface area contributed by atoms with Crippen molar-refractivity contribution in [2.45, 2.75) is 0 Å². The van der Waals surface area contributed by atoms with Gasteiger partial charge in [0, 0.05) is 41.2 Å². The molecule has 4 heterocycles. The summed E-state index contributed by atoms with van der Waals surface area (Å²) in [5.41, 5.74) is 4.12. The number of carbonyl (C=O) groups is 1. The normalized spacial score (nSPS) is 10.6. The van der Waals surface area contributed by atoms with E-state index in [2.05, 4.69) is 36.8 Å². The van der Waals surface area contributed by atoms with E-state index in [-0.39, 0.29) is 5.91 Å². The van der Waals surface area contributed by atoms with Crippen molar-refractivity contribution in [1.82, 2.24) is 24.9 Å². The van der Waals surface area contributed by atoms with Gasteiger partial charge in [0.05, 0.1) is 12.8 Å². The van der Waals surface area contributed by atoms with E-state index in [4.69, 9.17) is 4.74 Å². The van der Waals surface area contributed by atoms with Crippen LogP contribution < -0.4 is 10.1 Å². The van der Waals surface area contributed by atoms with Gasteiger partial charge in [-0.1, -0.05) is 6.58 Å². The number of methoxy groups -OCH3 is 1. The summed E-state index contributed by atoms with van der Waals surface area (Å²) >= 11 is 0. The van der Waals surface area contributed by atoms with Crippen LogP contribution in [-0.2, 0) is 4.79 Å². The van der Waals surface area contributed by atoms with E-state index in [1.165, 1.54) is 19.5 Å². The first-order valence-electron chi connectivity index (χ1n) is 8.41. The molecule has 0 saturated heterocycles. The molecule has 0 aliphatic heterocycles. The van der Waals surface area contributed by atoms with E-state index >= 15 is 0 Å². The first-order valence-corrected chi connectivity index (χ1v) is 8.41. The number of aromatic amines is 1. The van der Waals surface area contributed by atoms with E-state index in [1.807, 2.05) is 18.3 Å². The number of ether oxygens (including phenoxy) is 1. The Hall–Kier alpha value is -4.07. The van der Waals surface area contributed by atoms with E-state index in [0.29, 0.717) is 11.7 Å².